The lowest BCUT2D eigenvalue weighted by Crippen LogP contribution is -1.87. The van der Waals surface area contributed by atoms with Gasteiger partial charge >= 0.3 is 0 Å². The van der Waals surface area contributed by atoms with Gasteiger partial charge in [0, 0.05) is 12.2 Å². The number of aromatic hydroxyl groups is 1. The van der Waals surface area contributed by atoms with Gasteiger partial charge < -0.3 is 9.84 Å². The van der Waals surface area contributed by atoms with Crippen LogP contribution in [0.3, 0.4) is 0 Å². The van der Waals surface area contributed by atoms with E-state index in [4.69, 9.17) is 4.74 Å². The van der Waals surface area contributed by atoms with Gasteiger partial charge in [-0.3, -0.25) is 20.2 Å². The molecule has 8 heteroatoms. The van der Waals surface area contributed by atoms with Crippen LogP contribution in [0.15, 0.2) is 54.9 Å². The lowest BCUT2D eigenvalue weighted by Gasteiger charge is -2.08. The van der Waals surface area contributed by atoms with E-state index < -0.39 is 9.85 Å². The van der Waals surface area contributed by atoms with Crippen LogP contribution in [0.25, 0.3) is 12.2 Å². The van der Waals surface area contributed by atoms with E-state index in [1.54, 1.807) is 24.3 Å². The molecule has 0 heterocycles. The van der Waals surface area contributed by atoms with Gasteiger partial charge in [0.05, 0.1) is 9.85 Å². The van der Waals surface area contributed by atoms with Crippen LogP contribution in [0.1, 0.15) is 11.1 Å². The first kappa shape index (κ1) is 16.7. The minimum Gasteiger partial charge on any atom is -0.504 e. The molecule has 0 aromatic heterocycles. The molecular formula is C16H12N2O6. The average Bonchev–Trinajstić information content (AvgIpc) is 2.54. The second-order valence-corrected chi connectivity index (χ2v) is 4.60. The summed E-state index contributed by atoms with van der Waals surface area (Å²) in [6.45, 7) is 0. The van der Waals surface area contributed by atoms with E-state index >= 15 is 0 Å². The summed E-state index contributed by atoms with van der Waals surface area (Å²) in [7, 11) is 0. The minimum absolute atomic E-state index is 0.120. The predicted octanol–water partition coefficient (Wildman–Crippen LogP) is 3.68. The molecule has 8 nitrogen and oxygen atoms in total. The fourth-order valence-electron chi connectivity index (χ4n) is 1.78. The van der Waals surface area contributed by atoms with Crippen molar-refractivity contribution in [3.63, 3.8) is 0 Å². The van der Waals surface area contributed by atoms with Gasteiger partial charge in [0.15, 0.2) is 11.5 Å². The third-order valence-corrected chi connectivity index (χ3v) is 2.87. The number of rotatable bonds is 6. The highest BCUT2D eigenvalue weighted by molar-refractivity contribution is 5.56. The average molecular weight is 328 g/mol. The summed E-state index contributed by atoms with van der Waals surface area (Å²) in [5.74, 6) is 0.415. The quantitative estimate of drug-likeness (QED) is 0.638. The van der Waals surface area contributed by atoms with E-state index in [2.05, 4.69) is 0 Å². The highest BCUT2D eigenvalue weighted by Gasteiger charge is 2.05. The Morgan fingerprint density at radius 1 is 0.875 bits per heavy atom. The van der Waals surface area contributed by atoms with Crippen molar-refractivity contribution in [1.29, 1.82) is 0 Å². The Bertz CT molecular complexity index is 812. The van der Waals surface area contributed by atoms with E-state index in [0.29, 0.717) is 16.9 Å². The first-order chi connectivity index (χ1) is 11.4. The van der Waals surface area contributed by atoms with Crippen molar-refractivity contribution in [2.24, 2.45) is 0 Å². The normalized spacial score (nSPS) is 11.0. The van der Waals surface area contributed by atoms with Crippen LogP contribution in [0.4, 0.5) is 0 Å². The molecule has 0 bridgehead atoms. The second-order valence-electron chi connectivity index (χ2n) is 4.60. The van der Waals surface area contributed by atoms with Crippen LogP contribution < -0.4 is 4.74 Å². The predicted molar refractivity (Wildman–Crippen MR) is 86.7 cm³/mol. The van der Waals surface area contributed by atoms with Crippen molar-refractivity contribution >= 4 is 12.2 Å². The van der Waals surface area contributed by atoms with Crippen LogP contribution in [0.2, 0.25) is 0 Å². The molecule has 0 aliphatic carbocycles. The molecule has 2 rings (SSSR count). The monoisotopic (exact) mass is 328 g/mol. The molecule has 0 radical (unpaired) electrons. The molecule has 0 amide bonds. The Labute approximate surface area is 136 Å². The Morgan fingerprint density at radius 2 is 1.42 bits per heavy atom. The van der Waals surface area contributed by atoms with Crippen molar-refractivity contribution in [2.45, 2.75) is 0 Å². The van der Waals surface area contributed by atoms with Gasteiger partial charge in [-0.2, -0.15) is 0 Å². The van der Waals surface area contributed by atoms with Crippen LogP contribution in [0.5, 0.6) is 17.2 Å². The van der Waals surface area contributed by atoms with Gasteiger partial charge in [0.25, 0.3) is 0 Å². The molecule has 0 fully saturated rings. The number of phenolic OH excluding ortho intramolecular Hbond substituents is 1. The maximum absolute atomic E-state index is 10.3. The zero-order valence-corrected chi connectivity index (χ0v) is 12.2. The second kappa shape index (κ2) is 7.54. The highest BCUT2D eigenvalue weighted by Crippen LogP contribution is 2.32. The van der Waals surface area contributed by atoms with E-state index in [9.17, 15) is 25.3 Å². The van der Waals surface area contributed by atoms with Crippen molar-refractivity contribution in [3.8, 4) is 17.2 Å². The smallest absolute Gasteiger partial charge is 0.235 e. The van der Waals surface area contributed by atoms with Crippen molar-refractivity contribution in [2.75, 3.05) is 0 Å². The number of hydrogen-bond acceptors (Lipinski definition) is 6. The first-order valence-electron chi connectivity index (χ1n) is 6.68. The SMILES string of the molecule is O=[N+]([O-])/C=C/c1ccc(Oc2cc(/C=C/[N+](=O)[O-])ccc2O)cc1. The van der Waals surface area contributed by atoms with Gasteiger partial charge in [-0.05, 0) is 35.4 Å². The Morgan fingerprint density at radius 3 is 2.00 bits per heavy atom. The minimum atomic E-state index is -0.593. The van der Waals surface area contributed by atoms with E-state index in [1.807, 2.05) is 0 Å². The number of nitrogens with zero attached hydrogens (tertiary/aromatic N) is 2. The standard InChI is InChI=1S/C16H12N2O6/c19-15-6-3-13(8-10-18(22)23)11-16(15)24-14-4-1-12(2-5-14)7-9-17(20)21/h1-11,19H/b9-7+,10-8+. The summed E-state index contributed by atoms with van der Waals surface area (Å²) >= 11 is 0. The summed E-state index contributed by atoms with van der Waals surface area (Å²) < 4.78 is 5.53. The molecule has 0 unspecified atom stereocenters. The van der Waals surface area contributed by atoms with Crippen LogP contribution in [-0.2, 0) is 0 Å². The van der Waals surface area contributed by atoms with Gasteiger partial charge in [-0.25, -0.2) is 0 Å². The van der Waals surface area contributed by atoms with Crippen LogP contribution in [-0.4, -0.2) is 15.0 Å². The Balaban J connectivity index is 2.16. The lowest BCUT2D eigenvalue weighted by atomic mass is 10.2. The third-order valence-electron chi connectivity index (χ3n) is 2.87. The number of hydrogen-bond donors (Lipinski definition) is 1. The summed E-state index contributed by atoms with van der Waals surface area (Å²) in [5.41, 5.74) is 1.11. The number of ether oxygens (including phenoxy) is 1. The summed E-state index contributed by atoms with van der Waals surface area (Å²) in [6, 6.07) is 10.7. The van der Waals surface area contributed by atoms with Crippen LogP contribution in [0, 0.1) is 20.2 Å². The molecule has 0 atom stereocenters. The van der Waals surface area contributed by atoms with Gasteiger partial charge in [-0.15, -0.1) is 0 Å². The highest BCUT2D eigenvalue weighted by atomic mass is 16.6. The molecular weight excluding hydrogens is 316 g/mol. The Hall–Kier alpha value is -3.68. The topological polar surface area (TPSA) is 116 Å². The number of benzene rings is 2. The van der Waals surface area contributed by atoms with Crippen LogP contribution >= 0.6 is 0 Å². The van der Waals surface area contributed by atoms with Gasteiger partial charge in [0.2, 0.25) is 12.4 Å². The summed E-state index contributed by atoms with van der Waals surface area (Å²) in [5, 5.41) is 30.4. The maximum Gasteiger partial charge on any atom is 0.235 e. The molecule has 24 heavy (non-hydrogen) atoms. The molecule has 0 spiro atoms. The Kier molecular flexibility index (Phi) is 5.24. The molecule has 0 aliphatic heterocycles. The number of phenols is 1. The van der Waals surface area contributed by atoms with E-state index in [1.165, 1.54) is 30.4 Å². The zero-order chi connectivity index (χ0) is 17.5. The van der Waals surface area contributed by atoms with Gasteiger partial charge in [-0.1, -0.05) is 18.2 Å². The van der Waals surface area contributed by atoms with E-state index in [0.717, 1.165) is 12.4 Å². The van der Waals surface area contributed by atoms with E-state index in [-0.39, 0.29) is 11.5 Å². The lowest BCUT2D eigenvalue weighted by molar-refractivity contribution is -0.401. The molecule has 1 N–H and O–H groups in total. The summed E-state index contributed by atoms with van der Waals surface area (Å²) in [6.07, 6.45) is 4.22. The largest absolute Gasteiger partial charge is 0.504 e. The van der Waals surface area contributed by atoms with Gasteiger partial charge in [0.1, 0.15) is 5.75 Å². The maximum atomic E-state index is 10.3. The van der Waals surface area contributed by atoms with Crippen molar-refractivity contribution < 1.29 is 19.7 Å². The molecule has 122 valence electrons. The first-order valence-corrected chi connectivity index (χ1v) is 6.68. The molecule has 2 aromatic carbocycles. The molecule has 0 saturated carbocycles. The number of nitro groups is 2. The summed E-state index contributed by atoms with van der Waals surface area (Å²) in [4.78, 5) is 19.4. The van der Waals surface area contributed by atoms with Crippen molar-refractivity contribution in [1.82, 2.24) is 0 Å². The van der Waals surface area contributed by atoms with Crippen molar-refractivity contribution in [3.05, 3.63) is 86.2 Å². The fourth-order valence-corrected chi connectivity index (χ4v) is 1.78. The third kappa shape index (κ3) is 4.95. The molecule has 0 saturated heterocycles. The molecule has 2 aromatic rings. The zero-order valence-electron chi connectivity index (χ0n) is 12.2. The fraction of sp³-hybridized carbons (Fsp3) is 0. The molecule has 0 aliphatic rings.